The van der Waals surface area contributed by atoms with Crippen molar-refractivity contribution in [3.8, 4) is 5.69 Å². The van der Waals surface area contributed by atoms with Crippen LogP contribution in [-0.2, 0) is 12.8 Å². The maximum Gasteiger partial charge on any atom is 0.114 e. The second-order valence-electron chi connectivity index (χ2n) is 6.16. The monoisotopic (exact) mass is 307 g/mol. The minimum Gasteiger partial charge on any atom is -0.330 e. The third-order valence-electron chi connectivity index (χ3n) is 4.26. The standard InChI is InChI=1S/C20H25N3/c1-3-4-5-20-22-18-11-6-15(2)14-19(18)23(20)17-9-7-16(8-10-17)12-13-21/h6-11,14H,3-5,12-13,21H2,1-2H3. The highest BCUT2D eigenvalue weighted by molar-refractivity contribution is 5.79. The van der Waals surface area contributed by atoms with Gasteiger partial charge in [0.1, 0.15) is 5.82 Å². The average Bonchev–Trinajstić information content (AvgIpc) is 2.91. The molecule has 0 aliphatic heterocycles. The fourth-order valence-corrected chi connectivity index (χ4v) is 3.00. The van der Waals surface area contributed by atoms with Gasteiger partial charge in [0.25, 0.3) is 0 Å². The van der Waals surface area contributed by atoms with Gasteiger partial charge in [-0.05, 0) is 61.7 Å². The number of hydrogen-bond acceptors (Lipinski definition) is 2. The van der Waals surface area contributed by atoms with Gasteiger partial charge in [0.05, 0.1) is 11.0 Å². The van der Waals surface area contributed by atoms with E-state index < -0.39 is 0 Å². The zero-order valence-electron chi connectivity index (χ0n) is 14.0. The van der Waals surface area contributed by atoms with Gasteiger partial charge in [0.15, 0.2) is 0 Å². The lowest BCUT2D eigenvalue weighted by Gasteiger charge is -2.10. The Hall–Kier alpha value is -2.13. The number of benzene rings is 2. The number of hydrogen-bond donors (Lipinski definition) is 1. The topological polar surface area (TPSA) is 43.8 Å². The molecular formula is C20H25N3. The second kappa shape index (κ2) is 6.97. The van der Waals surface area contributed by atoms with E-state index in [2.05, 4.69) is 60.9 Å². The normalized spacial score (nSPS) is 11.3. The summed E-state index contributed by atoms with van der Waals surface area (Å²) >= 11 is 0. The number of fused-ring (bicyclic) bond motifs is 1. The lowest BCUT2D eigenvalue weighted by molar-refractivity contribution is 0.744. The molecule has 0 atom stereocenters. The molecule has 0 radical (unpaired) electrons. The van der Waals surface area contributed by atoms with Crippen molar-refractivity contribution in [2.75, 3.05) is 6.54 Å². The molecule has 2 N–H and O–H groups in total. The molecule has 0 saturated carbocycles. The quantitative estimate of drug-likeness (QED) is 0.742. The van der Waals surface area contributed by atoms with Gasteiger partial charge in [0, 0.05) is 12.1 Å². The molecule has 2 aromatic carbocycles. The van der Waals surface area contributed by atoms with E-state index in [4.69, 9.17) is 10.7 Å². The Morgan fingerprint density at radius 1 is 1.04 bits per heavy atom. The number of aryl methyl sites for hydroxylation is 2. The number of unbranched alkanes of at least 4 members (excludes halogenated alkanes) is 1. The molecule has 0 bridgehead atoms. The van der Waals surface area contributed by atoms with Gasteiger partial charge in [-0.1, -0.05) is 31.5 Å². The highest BCUT2D eigenvalue weighted by Gasteiger charge is 2.12. The first-order valence-electron chi connectivity index (χ1n) is 8.50. The van der Waals surface area contributed by atoms with Crippen LogP contribution in [0.1, 0.15) is 36.7 Å². The molecule has 0 fully saturated rings. The van der Waals surface area contributed by atoms with E-state index in [1.54, 1.807) is 0 Å². The molecule has 3 nitrogen and oxygen atoms in total. The molecule has 0 aliphatic rings. The predicted molar refractivity (Wildman–Crippen MR) is 97.2 cm³/mol. The Balaban J connectivity index is 2.10. The van der Waals surface area contributed by atoms with Gasteiger partial charge in [-0.3, -0.25) is 4.57 Å². The Morgan fingerprint density at radius 2 is 1.83 bits per heavy atom. The van der Waals surface area contributed by atoms with Crippen molar-refractivity contribution < 1.29 is 0 Å². The van der Waals surface area contributed by atoms with E-state index in [0.717, 1.165) is 30.6 Å². The van der Waals surface area contributed by atoms with Crippen molar-refractivity contribution in [3.05, 3.63) is 59.4 Å². The van der Waals surface area contributed by atoms with Gasteiger partial charge < -0.3 is 5.73 Å². The van der Waals surface area contributed by atoms with Crippen LogP contribution in [0, 0.1) is 6.92 Å². The number of nitrogens with two attached hydrogens (primary N) is 1. The summed E-state index contributed by atoms with van der Waals surface area (Å²) in [6, 6.07) is 15.2. The van der Waals surface area contributed by atoms with Crippen LogP contribution < -0.4 is 5.73 Å². The summed E-state index contributed by atoms with van der Waals surface area (Å²) in [5.41, 5.74) is 11.7. The van der Waals surface area contributed by atoms with E-state index in [-0.39, 0.29) is 0 Å². The molecule has 120 valence electrons. The number of nitrogens with zero attached hydrogens (tertiary/aromatic N) is 2. The van der Waals surface area contributed by atoms with Crippen LogP contribution in [-0.4, -0.2) is 16.1 Å². The molecule has 3 rings (SSSR count). The lowest BCUT2D eigenvalue weighted by atomic mass is 10.1. The van der Waals surface area contributed by atoms with E-state index >= 15 is 0 Å². The Bertz CT molecular complexity index is 785. The van der Waals surface area contributed by atoms with Crippen LogP contribution in [0.4, 0.5) is 0 Å². The van der Waals surface area contributed by atoms with Crippen molar-refractivity contribution in [1.82, 2.24) is 9.55 Å². The maximum absolute atomic E-state index is 5.65. The van der Waals surface area contributed by atoms with Crippen molar-refractivity contribution in [1.29, 1.82) is 0 Å². The van der Waals surface area contributed by atoms with Crippen molar-refractivity contribution in [2.24, 2.45) is 5.73 Å². The molecule has 0 spiro atoms. The fourth-order valence-electron chi connectivity index (χ4n) is 3.00. The first-order chi connectivity index (χ1) is 11.2. The van der Waals surface area contributed by atoms with Gasteiger partial charge >= 0.3 is 0 Å². The first-order valence-corrected chi connectivity index (χ1v) is 8.50. The summed E-state index contributed by atoms with van der Waals surface area (Å²) in [6.07, 6.45) is 4.27. The first kappa shape index (κ1) is 15.8. The van der Waals surface area contributed by atoms with Crippen LogP contribution in [0.15, 0.2) is 42.5 Å². The van der Waals surface area contributed by atoms with E-state index in [9.17, 15) is 0 Å². The SMILES string of the molecule is CCCCc1nc2ccc(C)cc2n1-c1ccc(CCN)cc1. The summed E-state index contributed by atoms with van der Waals surface area (Å²) in [7, 11) is 0. The third kappa shape index (κ3) is 3.30. The van der Waals surface area contributed by atoms with E-state index in [1.807, 2.05) is 0 Å². The Labute approximate surface area is 138 Å². The molecule has 0 unspecified atom stereocenters. The van der Waals surface area contributed by atoms with Crippen molar-refractivity contribution in [2.45, 2.75) is 39.5 Å². The number of rotatable bonds is 6. The molecule has 0 aliphatic carbocycles. The van der Waals surface area contributed by atoms with Crippen LogP contribution in [0.3, 0.4) is 0 Å². The molecular weight excluding hydrogens is 282 g/mol. The number of imidazole rings is 1. The minimum absolute atomic E-state index is 0.689. The van der Waals surface area contributed by atoms with Crippen LogP contribution in [0.2, 0.25) is 0 Å². The van der Waals surface area contributed by atoms with Gasteiger partial charge in [-0.2, -0.15) is 0 Å². The van der Waals surface area contributed by atoms with Crippen molar-refractivity contribution >= 4 is 11.0 Å². The molecule has 0 saturated heterocycles. The molecule has 1 heterocycles. The highest BCUT2D eigenvalue weighted by atomic mass is 15.1. The molecule has 3 heteroatoms. The van der Waals surface area contributed by atoms with E-state index in [1.165, 1.54) is 28.8 Å². The van der Waals surface area contributed by atoms with Gasteiger partial charge in [0.2, 0.25) is 0 Å². The van der Waals surface area contributed by atoms with Gasteiger partial charge in [-0.25, -0.2) is 4.98 Å². The molecule has 1 aromatic heterocycles. The molecule has 23 heavy (non-hydrogen) atoms. The smallest absolute Gasteiger partial charge is 0.114 e. The predicted octanol–water partition coefficient (Wildman–Crippen LogP) is 4.18. The van der Waals surface area contributed by atoms with Crippen LogP contribution in [0.25, 0.3) is 16.7 Å². The van der Waals surface area contributed by atoms with Crippen molar-refractivity contribution in [3.63, 3.8) is 0 Å². The Morgan fingerprint density at radius 3 is 2.52 bits per heavy atom. The van der Waals surface area contributed by atoms with Crippen LogP contribution in [0.5, 0.6) is 0 Å². The Kier molecular flexibility index (Phi) is 4.77. The summed E-state index contributed by atoms with van der Waals surface area (Å²) in [6.45, 7) is 5.04. The fraction of sp³-hybridized carbons (Fsp3) is 0.350. The molecule has 0 amide bonds. The third-order valence-corrected chi connectivity index (χ3v) is 4.26. The average molecular weight is 307 g/mol. The zero-order valence-corrected chi connectivity index (χ0v) is 14.0. The minimum atomic E-state index is 0.689. The summed E-state index contributed by atoms with van der Waals surface area (Å²) in [4.78, 5) is 4.87. The largest absolute Gasteiger partial charge is 0.330 e. The lowest BCUT2D eigenvalue weighted by Crippen LogP contribution is -2.04. The summed E-state index contributed by atoms with van der Waals surface area (Å²) < 4.78 is 2.31. The zero-order chi connectivity index (χ0) is 16.2. The van der Waals surface area contributed by atoms with E-state index in [0.29, 0.717) is 6.54 Å². The maximum atomic E-state index is 5.65. The van der Waals surface area contributed by atoms with Gasteiger partial charge in [-0.15, -0.1) is 0 Å². The van der Waals surface area contributed by atoms with Crippen LogP contribution >= 0.6 is 0 Å². The summed E-state index contributed by atoms with van der Waals surface area (Å²) in [5, 5.41) is 0. The summed E-state index contributed by atoms with van der Waals surface area (Å²) in [5.74, 6) is 1.15. The highest BCUT2D eigenvalue weighted by Crippen LogP contribution is 2.24. The second-order valence-corrected chi connectivity index (χ2v) is 6.16. The number of aromatic nitrogens is 2. The molecule has 3 aromatic rings.